The van der Waals surface area contributed by atoms with E-state index >= 15 is 0 Å². The average Bonchev–Trinajstić information content (AvgIpc) is 1.48. The Morgan fingerprint density at radius 2 is 1.49 bits per heavy atom. The fraction of sp³-hybridized carbons (Fsp3) is 0.361. The first-order valence-corrected chi connectivity index (χ1v) is 37.8. The number of imidazole rings is 1. The van der Waals surface area contributed by atoms with Gasteiger partial charge in [0.2, 0.25) is 23.4 Å². The number of carbonyl (C=O) groups excluding carboxylic acids is 1. The van der Waals surface area contributed by atoms with E-state index < -0.39 is 54.9 Å². The molecule has 2 aromatic heterocycles. The van der Waals surface area contributed by atoms with Crippen LogP contribution in [0.15, 0.2) is 161 Å². The van der Waals surface area contributed by atoms with Gasteiger partial charge in [-0.1, -0.05) is 97.9 Å². The van der Waals surface area contributed by atoms with Crippen molar-refractivity contribution < 1.29 is 57.2 Å². The summed E-state index contributed by atoms with van der Waals surface area (Å²) in [5.74, 6) is -0.241. The molecule has 0 spiro atoms. The van der Waals surface area contributed by atoms with Crippen molar-refractivity contribution in [3.63, 3.8) is 0 Å². The highest BCUT2D eigenvalue weighted by atomic mass is 33.6. The van der Waals surface area contributed by atoms with Crippen molar-refractivity contribution in [2.75, 3.05) is 29.5 Å². The zero-order chi connectivity index (χ0) is 61.8. The van der Waals surface area contributed by atoms with E-state index in [0.29, 0.717) is 80.6 Å². The number of nitrogens with one attached hydrogen (secondary N) is 2. The summed E-state index contributed by atoms with van der Waals surface area (Å²) in [6.45, 7) is 5.63. The molecule has 462 valence electrons. The van der Waals surface area contributed by atoms with E-state index in [2.05, 4.69) is 53.8 Å². The summed E-state index contributed by atoms with van der Waals surface area (Å²) < 4.78 is 125. The van der Waals surface area contributed by atoms with Crippen molar-refractivity contribution in [3.8, 4) is 5.88 Å². The number of H-pyrrole nitrogens is 1. The lowest BCUT2D eigenvalue weighted by Crippen LogP contribution is -2.31. The van der Waals surface area contributed by atoms with Gasteiger partial charge in [-0.25, -0.2) is 4.98 Å². The monoisotopic (exact) mass is 1300 g/mol. The number of aromatic amines is 1. The van der Waals surface area contributed by atoms with Crippen LogP contribution in [0.2, 0.25) is 0 Å². The molecule has 20 nitrogen and oxygen atoms in total. The SMILES string of the molecule is CC1(CCCC23S[SH]2(=O)S3)C(/C=C/C=C/C=C2/N(CCCCCC(=O)NCc3ccc(COc4nc(N)nc5[nH]cnc45)cc3)c3ccc(S(=O)(=O)O)cc3C2(C)CCCCS(=O)(=O)O)=[N+](CCCC2=C/C=C\C=C/C=C\2)c2ccc(S(=O)(=O)O)cc21. The number of rotatable bonds is 29. The molecule has 6 heterocycles. The Morgan fingerprint density at radius 3 is 2.23 bits per heavy atom. The summed E-state index contributed by atoms with van der Waals surface area (Å²) >= 11 is 0. The molecule has 2 unspecified atom stereocenters. The molecule has 0 saturated carbocycles. The van der Waals surface area contributed by atoms with Crippen molar-refractivity contribution >= 4 is 100 Å². The standard InChI is InChI=1S/C61H70N8O12S6/c1-59(32-13-15-37-84(71,72)73)48-38-46(85(74,75)76)28-30-50(48)68(35-14-7-12-23-54(70)63-40-44-24-26-45(27-25-44)41-81-57-55-56(65-42-64-55)66-58(62)67-57)52(59)21-10-6-11-22-53-60(2,33-17-34-61-82-87(61,80)83-61)49-39-47(86(77,78)79)29-31-51(49)69(53)36-16-20-43-18-8-4-3-5-9-19-43/h3-6,8-11,18-19,21-22,24-31,38-39,42,87H,7,12-17,20,23,32-37,40-41H2,1-2H3,(H6-,62,63,64,65,66,67,70,71,72,73,74,75,76,77,78,79)/p+1/b4-3-,5-3?,8-4?,9-5-,18-8-,19-9?,43-18?,43-19+. The molecule has 0 bridgehead atoms. The molecule has 26 heteroatoms. The number of nitrogens with zero attached hydrogens (tertiary/aromatic N) is 5. The van der Waals surface area contributed by atoms with Crippen molar-refractivity contribution in [1.29, 1.82) is 0 Å². The average molecular weight is 1300 g/mol. The largest absolute Gasteiger partial charge is 0.471 e. The van der Waals surface area contributed by atoms with Gasteiger partial charge in [-0.15, -0.1) is 0 Å². The van der Waals surface area contributed by atoms with E-state index in [4.69, 9.17) is 10.5 Å². The maximum Gasteiger partial charge on any atom is 0.294 e. The molecule has 10 rings (SSSR count). The van der Waals surface area contributed by atoms with E-state index in [1.807, 2.05) is 91.9 Å². The van der Waals surface area contributed by atoms with Crippen LogP contribution in [0, 0.1) is 0 Å². The molecule has 2 atom stereocenters. The molecule has 7 N–H and O–H groups in total. The minimum atomic E-state index is -4.63. The maximum atomic E-state index is 13.1. The molecular weight excluding hydrogens is 1230 g/mol. The molecule has 2 saturated heterocycles. The molecule has 2 fully saturated rings. The van der Waals surface area contributed by atoms with Gasteiger partial charge in [0.15, 0.2) is 20.3 Å². The van der Waals surface area contributed by atoms with Crippen molar-refractivity contribution in [1.82, 2.24) is 25.3 Å². The molecule has 4 aliphatic heterocycles. The zero-order valence-corrected chi connectivity index (χ0v) is 53.1. The Balaban J connectivity index is 0.870. The summed E-state index contributed by atoms with van der Waals surface area (Å²) in [4.78, 5) is 30.1. The first-order chi connectivity index (χ1) is 41.4. The third kappa shape index (κ3) is 14.8. The second-order valence-electron chi connectivity index (χ2n) is 22.6. The lowest BCUT2D eigenvalue weighted by Gasteiger charge is -2.30. The van der Waals surface area contributed by atoms with E-state index in [0.717, 1.165) is 65.0 Å². The van der Waals surface area contributed by atoms with Crippen LogP contribution >= 0.6 is 21.6 Å². The van der Waals surface area contributed by atoms with Gasteiger partial charge in [0.1, 0.15) is 13.2 Å². The van der Waals surface area contributed by atoms with Crippen LogP contribution in [0.1, 0.15) is 113 Å². The molecule has 5 aromatic rings. The lowest BCUT2D eigenvalue weighted by molar-refractivity contribution is -0.438. The number of nitrogen functional groups attached to an aromatic ring is 1. The van der Waals surface area contributed by atoms with E-state index in [1.54, 1.807) is 39.8 Å². The molecule has 3 aromatic carbocycles. The number of allylic oxidation sites excluding steroid dienone is 14. The van der Waals surface area contributed by atoms with Crippen LogP contribution in [0.25, 0.3) is 11.2 Å². The number of ether oxygens (including phenoxy) is 1. The van der Waals surface area contributed by atoms with Crippen LogP contribution in [0.5, 0.6) is 5.88 Å². The van der Waals surface area contributed by atoms with Gasteiger partial charge in [-0.05, 0) is 145 Å². The third-order valence-corrected chi connectivity index (χ3v) is 30.3. The molecule has 5 aliphatic rings. The molecule has 1 aliphatic carbocycles. The Labute approximate surface area is 515 Å². The predicted octanol–water partition coefficient (Wildman–Crippen LogP) is 10.6. The number of hydrogen-bond acceptors (Lipinski definition) is 16. The highest BCUT2D eigenvalue weighted by Gasteiger charge is 2.80. The highest BCUT2D eigenvalue weighted by molar-refractivity contribution is 9.38. The van der Waals surface area contributed by atoms with Gasteiger partial charge >= 0.3 is 0 Å². The van der Waals surface area contributed by atoms with E-state index in [-0.39, 0.29) is 50.4 Å². The Bertz CT molecular complexity index is 4150. The Morgan fingerprint density at radius 1 is 0.793 bits per heavy atom. The number of carbonyl (C=O) groups is 1. The number of hydrogen-bond donors (Lipinski definition) is 7. The number of aromatic nitrogens is 4. The first-order valence-electron chi connectivity index (χ1n) is 28.7. The summed E-state index contributed by atoms with van der Waals surface area (Å²) in [7, 11) is -12.5. The van der Waals surface area contributed by atoms with Crippen LogP contribution in [-0.2, 0) is 67.1 Å². The van der Waals surface area contributed by atoms with E-state index in [9.17, 15) is 47.9 Å². The zero-order valence-electron chi connectivity index (χ0n) is 48.1. The van der Waals surface area contributed by atoms with Crippen molar-refractivity contribution in [2.45, 2.75) is 128 Å². The summed E-state index contributed by atoms with van der Waals surface area (Å²) in [5.41, 5.74) is 12.7. The van der Waals surface area contributed by atoms with Crippen molar-refractivity contribution in [3.05, 3.63) is 173 Å². The van der Waals surface area contributed by atoms with Crippen LogP contribution in [-0.4, -0.2) is 102 Å². The smallest absolute Gasteiger partial charge is 0.294 e. The van der Waals surface area contributed by atoms with Crippen molar-refractivity contribution in [2.24, 2.45) is 0 Å². The second kappa shape index (κ2) is 25.9. The summed E-state index contributed by atoms with van der Waals surface area (Å²) in [6.07, 6.45) is 31.8. The highest BCUT2D eigenvalue weighted by Crippen LogP contribution is 2.94. The topological polar surface area (TPSA) is 305 Å². The predicted molar refractivity (Wildman–Crippen MR) is 344 cm³/mol. The number of nitrogens with two attached hydrogens (primary N) is 1. The molecular formula is C61H71N8O12S6+. The minimum absolute atomic E-state index is 0.0606. The number of unbranched alkanes of at least 4 members (excludes halogenated alkanes) is 3. The number of thiol groups is 1. The minimum Gasteiger partial charge on any atom is -0.471 e. The van der Waals surface area contributed by atoms with Crippen LogP contribution in [0.4, 0.5) is 17.3 Å². The number of amides is 1. The summed E-state index contributed by atoms with van der Waals surface area (Å²) in [5, 5.41) is 3.01. The van der Waals surface area contributed by atoms with Crippen LogP contribution in [0.3, 0.4) is 0 Å². The number of fused-ring (bicyclic) bond motifs is 4. The van der Waals surface area contributed by atoms with Crippen LogP contribution < -0.4 is 20.7 Å². The number of benzene rings is 3. The Hall–Kier alpha value is -6.49. The Kier molecular flexibility index (Phi) is 18.9. The fourth-order valence-corrected chi connectivity index (χ4v) is 24.0. The van der Waals surface area contributed by atoms with Gasteiger partial charge in [0.25, 0.3) is 30.4 Å². The second-order valence-corrected chi connectivity index (χ2v) is 36.3. The normalized spacial score (nSPS) is 23.7. The van der Waals surface area contributed by atoms with Gasteiger partial charge in [-0.3, -0.25) is 22.7 Å². The van der Waals surface area contributed by atoms with E-state index in [1.165, 1.54) is 24.5 Å². The molecule has 1 amide bonds. The third-order valence-electron chi connectivity index (χ3n) is 16.5. The fourth-order valence-electron chi connectivity index (χ4n) is 11.8. The van der Waals surface area contributed by atoms with Gasteiger partial charge < -0.3 is 25.7 Å². The molecule has 87 heavy (non-hydrogen) atoms. The first kappa shape index (κ1) is 63.5. The molecule has 0 radical (unpaired) electrons. The maximum absolute atomic E-state index is 13.1. The van der Waals surface area contributed by atoms with Gasteiger partial charge in [-0.2, -0.15) is 39.8 Å². The quantitative estimate of drug-likeness (QED) is 0.00445. The van der Waals surface area contributed by atoms with Gasteiger partial charge in [0.05, 0.1) is 27.3 Å². The number of anilines is 2. The van der Waals surface area contributed by atoms with Gasteiger partial charge in [0, 0.05) is 68.4 Å². The lowest BCUT2D eigenvalue weighted by atomic mass is 9.75. The summed E-state index contributed by atoms with van der Waals surface area (Å²) in [6, 6.07) is 16.9.